The number of rotatable bonds is 4. The van der Waals surface area contributed by atoms with Gasteiger partial charge in [-0.1, -0.05) is 6.07 Å². The molecule has 0 bridgehead atoms. The van der Waals surface area contributed by atoms with Crippen molar-refractivity contribution in [3.63, 3.8) is 0 Å². The van der Waals surface area contributed by atoms with Crippen molar-refractivity contribution < 1.29 is 14.6 Å². The molecule has 0 aliphatic rings. The Morgan fingerprint density at radius 1 is 1.62 bits per heavy atom. The number of hydrogen-bond donors (Lipinski definition) is 3. The van der Waals surface area contributed by atoms with E-state index in [2.05, 4.69) is 4.98 Å². The number of nitrogens with one attached hydrogen (secondary N) is 1. The van der Waals surface area contributed by atoms with Crippen LogP contribution in [0.25, 0.3) is 0 Å². The maximum Gasteiger partial charge on any atom is 0.283 e. The first-order valence-corrected chi connectivity index (χ1v) is 4.75. The predicted octanol–water partition coefficient (Wildman–Crippen LogP) is -0.165. The molecule has 1 aromatic rings. The van der Waals surface area contributed by atoms with Crippen LogP contribution in [0, 0.1) is 0 Å². The van der Waals surface area contributed by atoms with Gasteiger partial charge in [0.05, 0.1) is 5.60 Å². The van der Waals surface area contributed by atoms with Crippen molar-refractivity contribution in [2.75, 3.05) is 6.61 Å². The SMILES string of the molecule is CC(C)(O)COc1cccc(C(=O)NN)n1. The van der Waals surface area contributed by atoms with E-state index < -0.39 is 11.5 Å². The number of aliphatic hydroxyl groups is 1. The fourth-order valence-electron chi connectivity index (χ4n) is 0.946. The number of amides is 1. The topological polar surface area (TPSA) is 97.5 Å². The minimum atomic E-state index is -0.951. The van der Waals surface area contributed by atoms with Gasteiger partial charge in [0.1, 0.15) is 12.3 Å². The molecule has 0 radical (unpaired) electrons. The van der Waals surface area contributed by atoms with Gasteiger partial charge < -0.3 is 9.84 Å². The summed E-state index contributed by atoms with van der Waals surface area (Å²) in [6.07, 6.45) is 0. The summed E-state index contributed by atoms with van der Waals surface area (Å²) >= 11 is 0. The fourth-order valence-corrected chi connectivity index (χ4v) is 0.946. The van der Waals surface area contributed by atoms with Gasteiger partial charge in [0.2, 0.25) is 5.88 Å². The maximum atomic E-state index is 11.2. The van der Waals surface area contributed by atoms with Gasteiger partial charge in [0, 0.05) is 6.07 Å². The molecule has 1 heterocycles. The van der Waals surface area contributed by atoms with E-state index in [1.165, 1.54) is 6.07 Å². The van der Waals surface area contributed by atoms with E-state index in [-0.39, 0.29) is 18.2 Å². The van der Waals surface area contributed by atoms with Gasteiger partial charge in [-0.3, -0.25) is 10.2 Å². The second kappa shape index (κ2) is 4.91. The average Bonchev–Trinajstić information content (AvgIpc) is 2.25. The van der Waals surface area contributed by atoms with Crippen LogP contribution in [0.3, 0.4) is 0 Å². The first-order chi connectivity index (χ1) is 7.42. The minimum Gasteiger partial charge on any atom is -0.475 e. The molecule has 0 aliphatic heterocycles. The first kappa shape index (κ1) is 12.4. The van der Waals surface area contributed by atoms with Crippen LogP contribution < -0.4 is 16.0 Å². The third kappa shape index (κ3) is 3.84. The Morgan fingerprint density at radius 2 is 2.31 bits per heavy atom. The standard InChI is InChI=1S/C10H15N3O3/c1-10(2,15)6-16-8-5-3-4-7(12-8)9(14)13-11/h3-5,15H,6,11H2,1-2H3,(H,13,14). The predicted molar refractivity (Wildman–Crippen MR) is 57.7 cm³/mol. The second-order valence-electron chi connectivity index (χ2n) is 3.94. The molecule has 0 spiro atoms. The van der Waals surface area contributed by atoms with Gasteiger partial charge in [-0.05, 0) is 19.9 Å². The van der Waals surface area contributed by atoms with Crippen molar-refractivity contribution in [1.29, 1.82) is 0 Å². The minimum absolute atomic E-state index is 0.0910. The van der Waals surface area contributed by atoms with Crippen LogP contribution >= 0.6 is 0 Å². The lowest BCUT2D eigenvalue weighted by Crippen LogP contribution is -2.31. The summed E-state index contributed by atoms with van der Waals surface area (Å²) in [4.78, 5) is 15.1. The van der Waals surface area contributed by atoms with Gasteiger partial charge in [-0.2, -0.15) is 0 Å². The average molecular weight is 225 g/mol. The molecule has 6 heteroatoms. The summed E-state index contributed by atoms with van der Waals surface area (Å²) in [5.74, 6) is 4.75. The number of hydrogen-bond acceptors (Lipinski definition) is 5. The zero-order valence-electron chi connectivity index (χ0n) is 9.23. The normalized spacial score (nSPS) is 11.0. The molecule has 1 amide bonds. The van der Waals surface area contributed by atoms with Crippen molar-refractivity contribution >= 4 is 5.91 Å². The van der Waals surface area contributed by atoms with Crippen molar-refractivity contribution in [1.82, 2.24) is 10.4 Å². The van der Waals surface area contributed by atoms with Gasteiger partial charge in [0.15, 0.2) is 0 Å². The van der Waals surface area contributed by atoms with Gasteiger partial charge in [-0.15, -0.1) is 0 Å². The first-order valence-electron chi connectivity index (χ1n) is 4.75. The molecule has 6 nitrogen and oxygen atoms in total. The largest absolute Gasteiger partial charge is 0.475 e. The number of ether oxygens (including phenoxy) is 1. The highest BCUT2D eigenvalue weighted by Crippen LogP contribution is 2.10. The van der Waals surface area contributed by atoms with Crippen LogP contribution in [0.1, 0.15) is 24.3 Å². The molecule has 1 rings (SSSR count). The number of nitrogens with zero attached hydrogens (tertiary/aromatic N) is 1. The van der Waals surface area contributed by atoms with Gasteiger partial charge in [0.25, 0.3) is 5.91 Å². The number of nitrogen functional groups attached to an aromatic ring is 1. The highest BCUT2D eigenvalue weighted by atomic mass is 16.5. The maximum absolute atomic E-state index is 11.2. The monoisotopic (exact) mass is 225 g/mol. The molecular formula is C10H15N3O3. The van der Waals surface area contributed by atoms with Crippen LogP contribution in [0.2, 0.25) is 0 Å². The molecule has 0 saturated heterocycles. The Morgan fingerprint density at radius 3 is 2.88 bits per heavy atom. The lowest BCUT2D eigenvalue weighted by molar-refractivity contribution is 0.0268. The number of carbonyl (C=O) groups excluding carboxylic acids is 1. The number of nitrogens with two attached hydrogens (primary N) is 1. The molecule has 0 atom stereocenters. The molecule has 4 N–H and O–H groups in total. The van der Waals surface area contributed by atoms with E-state index >= 15 is 0 Å². The highest BCUT2D eigenvalue weighted by molar-refractivity contribution is 5.91. The third-order valence-electron chi connectivity index (χ3n) is 1.66. The molecular weight excluding hydrogens is 210 g/mol. The molecule has 0 aliphatic carbocycles. The summed E-state index contributed by atoms with van der Waals surface area (Å²) in [6.45, 7) is 3.32. The second-order valence-corrected chi connectivity index (χ2v) is 3.94. The zero-order chi connectivity index (χ0) is 12.2. The lowest BCUT2D eigenvalue weighted by atomic mass is 10.2. The Kier molecular flexibility index (Phi) is 3.81. The van der Waals surface area contributed by atoms with Crippen LogP contribution in [-0.2, 0) is 0 Å². The van der Waals surface area contributed by atoms with Gasteiger partial charge >= 0.3 is 0 Å². The van der Waals surface area contributed by atoms with Crippen molar-refractivity contribution in [2.45, 2.75) is 19.4 Å². The summed E-state index contributed by atoms with van der Waals surface area (Å²) in [6, 6.07) is 4.73. The van der Waals surface area contributed by atoms with Crippen molar-refractivity contribution in [2.24, 2.45) is 5.84 Å². The number of hydrazine groups is 1. The molecule has 0 unspecified atom stereocenters. The summed E-state index contributed by atoms with van der Waals surface area (Å²) in [5, 5.41) is 9.45. The Hall–Kier alpha value is -1.66. The Labute approximate surface area is 93.4 Å². The van der Waals surface area contributed by atoms with E-state index in [0.717, 1.165) is 0 Å². The van der Waals surface area contributed by atoms with Crippen molar-refractivity contribution in [3.05, 3.63) is 23.9 Å². The van der Waals surface area contributed by atoms with E-state index in [4.69, 9.17) is 10.6 Å². The highest BCUT2D eigenvalue weighted by Gasteiger charge is 2.14. The van der Waals surface area contributed by atoms with Crippen LogP contribution in [0.15, 0.2) is 18.2 Å². The van der Waals surface area contributed by atoms with Crippen LogP contribution in [-0.4, -0.2) is 28.2 Å². The lowest BCUT2D eigenvalue weighted by Gasteiger charge is -2.17. The quantitative estimate of drug-likeness (QED) is 0.375. The molecule has 88 valence electrons. The van der Waals surface area contributed by atoms with Gasteiger partial charge in [-0.25, -0.2) is 10.8 Å². The number of aromatic nitrogens is 1. The number of pyridine rings is 1. The van der Waals surface area contributed by atoms with Crippen LogP contribution in [0.4, 0.5) is 0 Å². The molecule has 0 saturated carbocycles. The zero-order valence-corrected chi connectivity index (χ0v) is 9.23. The van der Waals surface area contributed by atoms with Crippen molar-refractivity contribution in [3.8, 4) is 5.88 Å². The molecule has 1 aromatic heterocycles. The summed E-state index contributed by atoms with van der Waals surface area (Å²) < 4.78 is 5.22. The fraction of sp³-hybridized carbons (Fsp3) is 0.400. The Balaban J connectivity index is 2.71. The molecule has 0 fully saturated rings. The summed E-state index contributed by atoms with van der Waals surface area (Å²) in [5.41, 5.74) is 1.19. The van der Waals surface area contributed by atoms with E-state index in [0.29, 0.717) is 0 Å². The smallest absolute Gasteiger partial charge is 0.283 e. The van der Waals surface area contributed by atoms with E-state index in [9.17, 15) is 9.90 Å². The summed E-state index contributed by atoms with van der Waals surface area (Å²) in [7, 11) is 0. The Bertz CT molecular complexity index is 374. The third-order valence-corrected chi connectivity index (χ3v) is 1.66. The number of carbonyl (C=O) groups is 1. The molecule has 0 aromatic carbocycles. The van der Waals surface area contributed by atoms with Crippen LogP contribution in [0.5, 0.6) is 5.88 Å². The van der Waals surface area contributed by atoms with E-state index in [1.54, 1.807) is 26.0 Å². The molecule has 16 heavy (non-hydrogen) atoms. The van der Waals surface area contributed by atoms with E-state index in [1.807, 2.05) is 5.43 Å².